The van der Waals surface area contributed by atoms with Gasteiger partial charge >= 0.3 is 0 Å². The van der Waals surface area contributed by atoms with Crippen LogP contribution in [0.4, 0.5) is 0 Å². The van der Waals surface area contributed by atoms with Crippen molar-refractivity contribution in [3.63, 3.8) is 0 Å². The predicted molar refractivity (Wildman–Crippen MR) is 81.5 cm³/mol. The summed E-state index contributed by atoms with van der Waals surface area (Å²) in [7, 11) is -3.20. The van der Waals surface area contributed by atoms with Crippen LogP contribution in [0.3, 0.4) is 0 Å². The number of rotatable bonds is 5. The molecule has 1 aliphatic heterocycles. The van der Waals surface area contributed by atoms with E-state index in [0.29, 0.717) is 25.6 Å². The molecule has 0 atom stereocenters. The molecule has 1 aliphatic rings. The fourth-order valence-corrected chi connectivity index (χ4v) is 4.29. The fourth-order valence-electron chi connectivity index (χ4n) is 2.74. The first-order valence-corrected chi connectivity index (χ1v) is 8.91. The Morgan fingerprint density at radius 2 is 1.90 bits per heavy atom. The van der Waals surface area contributed by atoms with Gasteiger partial charge < -0.3 is 5.73 Å². The molecule has 0 bridgehead atoms. The van der Waals surface area contributed by atoms with Crippen molar-refractivity contribution < 1.29 is 8.42 Å². The third-order valence-corrected chi connectivity index (χ3v) is 5.97. The molecule has 1 saturated heterocycles. The molecular weight excluding hydrogens is 272 g/mol. The molecule has 4 nitrogen and oxygen atoms in total. The minimum atomic E-state index is -3.20. The Morgan fingerprint density at radius 3 is 2.50 bits per heavy atom. The van der Waals surface area contributed by atoms with Gasteiger partial charge in [0.2, 0.25) is 10.0 Å². The quantitative estimate of drug-likeness (QED) is 0.905. The van der Waals surface area contributed by atoms with E-state index in [-0.39, 0.29) is 5.75 Å². The molecule has 0 saturated carbocycles. The van der Waals surface area contributed by atoms with Crippen LogP contribution in [0.15, 0.2) is 24.3 Å². The SMILES string of the molecule is CCC1CCN(S(=O)(=O)Cc2cccc(CN)c2)CC1. The minimum Gasteiger partial charge on any atom is -0.326 e. The zero-order valence-corrected chi connectivity index (χ0v) is 12.9. The van der Waals surface area contributed by atoms with Gasteiger partial charge in [0.1, 0.15) is 0 Å². The molecular formula is C15H24N2O2S. The van der Waals surface area contributed by atoms with Crippen molar-refractivity contribution in [3.8, 4) is 0 Å². The van der Waals surface area contributed by atoms with Gasteiger partial charge in [0, 0.05) is 19.6 Å². The summed E-state index contributed by atoms with van der Waals surface area (Å²) in [5.41, 5.74) is 7.40. The van der Waals surface area contributed by atoms with Crippen LogP contribution in [0.5, 0.6) is 0 Å². The summed E-state index contributed by atoms with van der Waals surface area (Å²) in [6, 6.07) is 7.53. The van der Waals surface area contributed by atoms with E-state index in [1.54, 1.807) is 4.31 Å². The van der Waals surface area contributed by atoms with Crippen molar-refractivity contribution in [1.29, 1.82) is 0 Å². The van der Waals surface area contributed by atoms with E-state index in [1.165, 1.54) is 0 Å². The second kappa shape index (κ2) is 6.70. The number of piperidine rings is 1. The molecule has 1 aromatic carbocycles. The summed E-state index contributed by atoms with van der Waals surface area (Å²) in [6.45, 7) is 3.94. The Labute approximate surface area is 122 Å². The van der Waals surface area contributed by atoms with E-state index in [0.717, 1.165) is 30.4 Å². The van der Waals surface area contributed by atoms with Crippen LogP contribution >= 0.6 is 0 Å². The van der Waals surface area contributed by atoms with E-state index >= 15 is 0 Å². The first-order valence-electron chi connectivity index (χ1n) is 7.31. The van der Waals surface area contributed by atoms with Crippen LogP contribution < -0.4 is 5.73 Å². The smallest absolute Gasteiger partial charge is 0.218 e. The number of hydrogen-bond acceptors (Lipinski definition) is 3. The minimum absolute atomic E-state index is 0.0810. The number of hydrogen-bond donors (Lipinski definition) is 1. The maximum Gasteiger partial charge on any atom is 0.218 e. The zero-order valence-electron chi connectivity index (χ0n) is 12.1. The van der Waals surface area contributed by atoms with Gasteiger partial charge in [-0.2, -0.15) is 0 Å². The average molecular weight is 296 g/mol. The summed E-state index contributed by atoms with van der Waals surface area (Å²) in [4.78, 5) is 0. The van der Waals surface area contributed by atoms with Gasteiger partial charge in [-0.25, -0.2) is 12.7 Å². The molecule has 2 rings (SSSR count). The van der Waals surface area contributed by atoms with Crippen LogP contribution in [0.25, 0.3) is 0 Å². The van der Waals surface area contributed by atoms with Crippen molar-refractivity contribution in [1.82, 2.24) is 4.31 Å². The van der Waals surface area contributed by atoms with Crippen LogP contribution in [-0.2, 0) is 22.3 Å². The van der Waals surface area contributed by atoms with Gasteiger partial charge in [-0.1, -0.05) is 37.6 Å². The summed E-state index contributed by atoms with van der Waals surface area (Å²) in [6.07, 6.45) is 3.11. The predicted octanol–water partition coefficient (Wildman–Crippen LogP) is 2.10. The summed E-state index contributed by atoms with van der Waals surface area (Å²) in [5, 5.41) is 0. The Kier molecular flexibility index (Phi) is 5.18. The first-order chi connectivity index (χ1) is 9.55. The standard InChI is InChI=1S/C15H24N2O2S/c1-2-13-6-8-17(9-7-13)20(18,19)12-15-5-3-4-14(10-15)11-16/h3-5,10,13H,2,6-9,11-12,16H2,1H3. The number of benzene rings is 1. The van der Waals surface area contributed by atoms with Crippen molar-refractivity contribution in [2.24, 2.45) is 11.7 Å². The lowest BCUT2D eigenvalue weighted by atomic mass is 9.96. The molecule has 0 unspecified atom stereocenters. The van der Waals surface area contributed by atoms with Crippen LogP contribution in [0.2, 0.25) is 0 Å². The number of nitrogens with two attached hydrogens (primary N) is 1. The topological polar surface area (TPSA) is 63.4 Å². The highest BCUT2D eigenvalue weighted by molar-refractivity contribution is 7.88. The second-order valence-electron chi connectivity index (χ2n) is 5.53. The van der Waals surface area contributed by atoms with E-state index < -0.39 is 10.0 Å². The molecule has 2 N–H and O–H groups in total. The number of nitrogens with zero attached hydrogens (tertiary/aromatic N) is 1. The van der Waals surface area contributed by atoms with Gasteiger partial charge in [0.05, 0.1) is 5.75 Å². The van der Waals surface area contributed by atoms with E-state index in [4.69, 9.17) is 5.73 Å². The van der Waals surface area contributed by atoms with Crippen molar-refractivity contribution >= 4 is 10.0 Å². The van der Waals surface area contributed by atoms with Crippen molar-refractivity contribution in [2.45, 2.75) is 38.5 Å². The van der Waals surface area contributed by atoms with Crippen LogP contribution in [0, 0.1) is 5.92 Å². The van der Waals surface area contributed by atoms with Gasteiger partial charge in [-0.05, 0) is 29.9 Å². The van der Waals surface area contributed by atoms with E-state index in [9.17, 15) is 8.42 Å². The molecule has 1 aromatic rings. The Balaban J connectivity index is 2.03. The van der Waals surface area contributed by atoms with Crippen molar-refractivity contribution in [2.75, 3.05) is 13.1 Å². The van der Waals surface area contributed by atoms with Crippen molar-refractivity contribution in [3.05, 3.63) is 35.4 Å². The summed E-state index contributed by atoms with van der Waals surface area (Å²) in [5.74, 6) is 0.763. The molecule has 0 radical (unpaired) electrons. The van der Waals surface area contributed by atoms with Gasteiger partial charge in [0.15, 0.2) is 0 Å². The van der Waals surface area contributed by atoms with E-state index in [1.807, 2.05) is 24.3 Å². The Bertz CT molecular complexity index is 535. The largest absolute Gasteiger partial charge is 0.326 e. The van der Waals surface area contributed by atoms with E-state index in [2.05, 4.69) is 6.92 Å². The third kappa shape index (κ3) is 3.81. The molecule has 0 amide bonds. The fraction of sp³-hybridized carbons (Fsp3) is 0.600. The van der Waals surface area contributed by atoms with Crippen LogP contribution in [0.1, 0.15) is 37.3 Å². The van der Waals surface area contributed by atoms with Gasteiger partial charge in [0.25, 0.3) is 0 Å². The summed E-state index contributed by atoms with van der Waals surface area (Å²) < 4.78 is 26.5. The average Bonchev–Trinajstić information content (AvgIpc) is 2.47. The Morgan fingerprint density at radius 1 is 1.25 bits per heavy atom. The summed E-state index contributed by atoms with van der Waals surface area (Å²) >= 11 is 0. The lowest BCUT2D eigenvalue weighted by Crippen LogP contribution is -2.39. The van der Waals surface area contributed by atoms with Crippen LogP contribution in [-0.4, -0.2) is 25.8 Å². The lowest BCUT2D eigenvalue weighted by molar-refractivity contribution is 0.269. The highest BCUT2D eigenvalue weighted by Gasteiger charge is 2.27. The van der Waals surface area contributed by atoms with Gasteiger partial charge in [-0.3, -0.25) is 0 Å². The lowest BCUT2D eigenvalue weighted by Gasteiger charge is -2.30. The maximum absolute atomic E-state index is 12.4. The molecule has 112 valence electrons. The number of sulfonamides is 1. The molecule has 1 heterocycles. The molecule has 0 aromatic heterocycles. The molecule has 0 aliphatic carbocycles. The monoisotopic (exact) mass is 296 g/mol. The normalized spacial score (nSPS) is 18.3. The molecule has 5 heteroatoms. The molecule has 0 spiro atoms. The molecule has 20 heavy (non-hydrogen) atoms. The second-order valence-corrected chi connectivity index (χ2v) is 7.50. The zero-order chi connectivity index (χ0) is 14.6. The highest BCUT2D eigenvalue weighted by atomic mass is 32.2. The maximum atomic E-state index is 12.4. The third-order valence-electron chi connectivity index (χ3n) is 4.12. The Hall–Kier alpha value is -0.910. The van der Waals surface area contributed by atoms with Gasteiger partial charge in [-0.15, -0.1) is 0 Å². The molecule has 1 fully saturated rings. The first kappa shape index (κ1) is 15.5. The highest BCUT2D eigenvalue weighted by Crippen LogP contribution is 2.23.